The van der Waals surface area contributed by atoms with Crippen LogP contribution in [0.15, 0.2) is 58.4 Å². The van der Waals surface area contributed by atoms with Gasteiger partial charge in [-0.1, -0.05) is 12.1 Å². The molecule has 0 unspecified atom stereocenters. The summed E-state index contributed by atoms with van der Waals surface area (Å²) in [5, 5.41) is 9.51. The third kappa shape index (κ3) is 4.44. The van der Waals surface area contributed by atoms with Gasteiger partial charge in [-0.05, 0) is 42.8 Å². The van der Waals surface area contributed by atoms with E-state index in [9.17, 15) is 23.2 Å². The zero-order chi connectivity index (χ0) is 24.6. The maximum atomic E-state index is 13.8. The van der Waals surface area contributed by atoms with Gasteiger partial charge in [0.05, 0.1) is 27.9 Å². The number of ether oxygens (including phenoxy) is 2. The van der Waals surface area contributed by atoms with Crippen molar-refractivity contribution in [2.45, 2.75) is 24.2 Å². The van der Waals surface area contributed by atoms with Crippen molar-refractivity contribution in [3.05, 3.63) is 70.1 Å². The van der Waals surface area contributed by atoms with Crippen molar-refractivity contribution in [2.24, 2.45) is 0 Å². The Labute approximate surface area is 201 Å². The number of hydrogen-bond acceptors (Lipinski definition) is 6. The fraction of sp³-hybridized carbons (Fsp3) is 0.208. The van der Waals surface area contributed by atoms with Crippen molar-refractivity contribution in [1.29, 1.82) is 5.26 Å². The predicted molar refractivity (Wildman–Crippen MR) is 123 cm³/mol. The van der Waals surface area contributed by atoms with Crippen LogP contribution in [-0.4, -0.2) is 27.1 Å². The van der Waals surface area contributed by atoms with E-state index in [1.807, 2.05) is 18.2 Å². The van der Waals surface area contributed by atoms with Gasteiger partial charge in [-0.15, -0.1) is 11.8 Å². The lowest BCUT2D eigenvalue weighted by atomic mass is 10.0. The van der Waals surface area contributed by atoms with E-state index in [0.29, 0.717) is 41.3 Å². The molecule has 0 atom stereocenters. The van der Waals surface area contributed by atoms with E-state index in [1.54, 1.807) is 34.9 Å². The van der Waals surface area contributed by atoms with Crippen LogP contribution in [0.4, 0.5) is 13.2 Å². The van der Waals surface area contributed by atoms with Gasteiger partial charge in [0.1, 0.15) is 11.1 Å². The molecule has 35 heavy (non-hydrogen) atoms. The predicted octanol–water partition coefficient (Wildman–Crippen LogP) is 5.19. The Hall–Kier alpha value is -3.91. The van der Waals surface area contributed by atoms with E-state index < -0.39 is 17.3 Å². The molecular weight excluding hydrogens is 481 g/mol. The lowest BCUT2D eigenvalue weighted by Gasteiger charge is -2.14. The van der Waals surface area contributed by atoms with Crippen LogP contribution in [0.5, 0.6) is 11.5 Å². The summed E-state index contributed by atoms with van der Waals surface area (Å²) in [7, 11) is 0. The summed E-state index contributed by atoms with van der Waals surface area (Å²) < 4.78 is 53.6. The summed E-state index contributed by atoms with van der Waals surface area (Å²) in [6, 6.07) is 14.6. The number of nitrogens with one attached hydrogen (secondary N) is 1. The number of nitrogens with zero attached hydrogens (tertiary/aromatic N) is 3. The molecule has 0 saturated heterocycles. The van der Waals surface area contributed by atoms with Gasteiger partial charge in [-0.25, -0.2) is 9.78 Å². The molecule has 2 aromatic carbocycles. The van der Waals surface area contributed by atoms with Gasteiger partial charge in [0.25, 0.3) is 0 Å². The molecular formula is C24H17F3N4O3S. The Morgan fingerprint density at radius 3 is 2.74 bits per heavy atom. The molecule has 5 rings (SSSR count). The van der Waals surface area contributed by atoms with Crippen LogP contribution in [0.1, 0.15) is 17.5 Å². The molecule has 2 aromatic heterocycles. The SMILES string of the molecule is N#Cc1c(C(F)(F)F)cc(-c2ccc3c(c2)OCO3)nc1SCCCn1c(=O)[nH]c2ccccc21. The third-order valence-electron chi connectivity index (χ3n) is 5.52. The number of fused-ring (bicyclic) bond motifs is 2. The van der Waals surface area contributed by atoms with Crippen LogP contribution in [0.3, 0.4) is 0 Å². The molecule has 11 heteroatoms. The number of alkyl halides is 3. The molecule has 4 aromatic rings. The highest BCUT2D eigenvalue weighted by molar-refractivity contribution is 7.99. The lowest BCUT2D eigenvalue weighted by molar-refractivity contribution is -0.138. The maximum Gasteiger partial charge on any atom is 0.417 e. The van der Waals surface area contributed by atoms with Crippen molar-refractivity contribution in [1.82, 2.24) is 14.5 Å². The largest absolute Gasteiger partial charge is 0.454 e. The fourth-order valence-electron chi connectivity index (χ4n) is 3.88. The number of nitriles is 1. The first kappa shape index (κ1) is 22.9. The zero-order valence-electron chi connectivity index (χ0n) is 18.1. The number of imidazole rings is 1. The number of aromatic amines is 1. The highest BCUT2D eigenvalue weighted by Crippen LogP contribution is 2.40. The van der Waals surface area contributed by atoms with Crippen molar-refractivity contribution in [2.75, 3.05) is 12.5 Å². The number of halogens is 3. The van der Waals surface area contributed by atoms with Gasteiger partial charge in [0, 0.05) is 17.9 Å². The number of thioether (sulfide) groups is 1. The molecule has 7 nitrogen and oxygen atoms in total. The quantitative estimate of drug-likeness (QED) is 0.290. The Bertz CT molecular complexity index is 1520. The van der Waals surface area contributed by atoms with E-state index in [-0.39, 0.29) is 23.2 Å². The number of H-pyrrole nitrogens is 1. The van der Waals surface area contributed by atoms with Gasteiger partial charge in [-0.3, -0.25) is 4.57 Å². The normalized spacial score (nSPS) is 12.7. The molecule has 1 aliphatic heterocycles. The first-order valence-corrected chi connectivity index (χ1v) is 11.6. The fourth-order valence-corrected chi connectivity index (χ4v) is 4.81. The topological polar surface area (TPSA) is 92.9 Å². The van der Waals surface area contributed by atoms with E-state index in [0.717, 1.165) is 23.3 Å². The number of benzene rings is 2. The van der Waals surface area contributed by atoms with Crippen LogP contribution in [0, 0.1) is 11.3 Å². The minimum Gasteiger partial charge on any atom is -0.454 e. The Kier molecular flexibility index (Phi) is 5.90. The average Bonchev–Trinajstić information content (AvgIpc) is 3.43. The number of rotatable bonds is 6. The van der Waals surface area contributed by atoms with Crippen molar-refractivity contribution < 1.29 is 22.6 Å². The van der Waals surface area contributed by atoms with E-state index in [1.165, 1.54) is 0 Å². The molecule has 0 saturated carbocycles. The first-order chi connectivity index (χ1) is 16.8. The van der Waals surface area contributed by atoms with Gasteiger partial charge in [0.2, 0.25) is 6.79 Å². The van der Waals surface area contributed by atoms with Crippen LogP contribution in [0.25, 0.3) is 22.3 Å². The van der Waals surface area contributed by atoms with Crippen LogP contribution in [-0.2, 0) is 12.7 Å². The van der Waals surface area contributed by atoms with E-state index >= 15 is 0 Å². The second-order valence-electron chi connectivity index (χ2n) is 7.71. The monoisotopic (exact) mass is 498 g/mol. The molecule has 0 amide bonds. The minimum absolute atomic E-state index is 0.0127. The first-order valence-electron chi connectivity index (χ1n) is 10.6. The molecule has 1 N–H and O–H groups in total. The molecule has 0 aliphatic carbocycles. The standard InChI is InChI=1S/C24H17F3N4O3S/c25-24(26,27)16-11-18(14-6-7-20-21(10-14)34-13-33-20)29-22(15(16)12-28)35-9-3-8-31-19-5-2-1-4-17(19)30-23(31)32/h1-2,4-7,10-11H,3,8-9,13H2,(H,30,32). The van der Waals surface area contributed by atoms with Crippen molar-refractivity contribution in [3.8, 4) is 28.8 Å². The maximum absolute atomic E-state index is 13.8. The van der Waals surface area contributed by atoms with Crippen LogP contribution < -0.4 is 15.2 Å². The lowest BCUT2D eigenvalue weighted by Crippen LogP contribution is -2.17. The highest BCUT2D eigenvalue weighted by Gasteiger charge is 2.36. The molecule has 3 heterocycles. The van der Waals surface area contributed by atoms with Crippen molar-refractivity contribution in [3.63, 3.8) is 0 Å². The molecule has 0 bridgehead atoms. The van der Waals surface area contributed by atoms with Gasteiger partial charge in [-0.2, -0.15) is 18.4 Å². The third-order valence-corrected chi connectivity index (χ3v) is 6.58. The molecule has 1 aliphatic rings. The van der Waals surface area contributed by atoms with Gasteiger partial charge >= 0.3 is 11.9 Å². The van der Waals surface area contributed by atoms with E-state index in [4.69, 9.17) is 9.47 Å². The number of aryl methyl sites for hydroxylation is 1. The minimum atomic E-state index is -4.73. The van der Waals surface area contributed by atoms with Crippen LogP contribution >= 0.6 is 11.8 Å². The average molecular weight is 498 g/mol. The molecule has 0 spiro atoms. The van der Waals surface area contributed by atoms with Gasteiger partial charge < -0.3 is 14.5 Å². The summed E-state index contributed by atoms with van der Waals surface area (Å²) >= 11 is 1.05. The summed E-state index contributed by atoms with van der Waals surface area (Å²) in [5.41, 5.74) is 0.138. The zero-order valence-corrected chi connectivity index (χ0v) is 18.9. The Morgan fingerprint density at radius 1 is 1.14 bits per heavy atom. The van der Waals surface area contributed by atoms with Crippen molar-refractivity contribution >= 4 is 22.8 Å². The van der Waals surface area contributed by atoms with E-state index in [2.05, 4.69) is 9.97 Å². The number of pyridine rings is 1. The second-order valence-corrected chi connectivity index (χ2v) is 8.80. The number of hydrogen-bond donors (Lipinski definition) is 1. The Balaban J connectivity index is 1.42. The number of aromatic nitrogens is 3. The molecule has 0 fully saturated rings. The van der Waals surface area contributed by atoms with Crippen LogP contribution in [0.2, 0.25) is 0 Å². The highest BCUT2D eigenvalue weighted by atomic mass is 32.2. The molecule has 0 radical (unpaired) electrons. The summed E-state index contributed by atoms with van der Waals surface area (Å²) in [5.74, 6) is 1.27. The Morgan fingerprint density at radius 2 is 1.94 bits per heavy atom. The summed E-state index contributed by atoms with van der Waals surface area (Å²) in [4.78, 5) is 19.4. The summed E-state index contributed by atoms with van der Waals surface area (Å²) in [6.45, 7) is 0.402. The second kappa shape index (κ2) is 9.03. The summed E-state index contributed by atoms with van der Waals surface area (Å²) in [6.07, 6.45) is -4.25. The smallest absolute Gasteiger partial charge is 0.417 e. The molecule has 178 valence electrons. The number of para-hydroxylation sites is 2. The van der Waals surface area contributed by atoms with Gasteiger partial charge in [0.15, 0.2) is 11.5 Å².